The number of hydrogen-bond donors (Lipinski definition) is 2. The standard InChI is InChI=1S/C12H18N2O3/c1-9(7-16-2)17-8-10-3-5-11(6-4-10)12(15)14-13/h3-6,9H,7-8,13H2,1-2H3,(H,14,15). The van der Waals surface area contributed by atoms with Gasteiger partial charge in [0.1, 0.15) is 0 Å². The van der Waals surface area contributed by atoms with Crippen molar-refractivity contribution in [1.82, 2.24) is 5.43 Å². The van der Waals surface area contributed by atoms with Crippen LogP contribution in [-0.4, -0.2) is 25.7 Å². The molecule has 0 spiro atoms. The van der Waals surface area contributed by atoms with Gasteiger partial charge in [-0.2, -0.15) is 0 Å². The number of amides is 1. The fourth-order valence-electron chi connectivity index (χ4n) is 1.36. The van der Waals surface area contributed by atoms with E-state index in [0.717, 1.165) is 5.56 Å². The summed E-state index contributed by atoms with van der Waals surface area (Å²) in [6, 6.07) is 7.10. The molecule has 0 bridgehead atoms. The topological polar surface area (TPSA) is 73.6 Å². The van der Waals surface area contributed by atoms with Crippen molar-refractivity contribution in [2.24, 2.45) is 5.84 Å². The first-order chi connectivity index (χ1) is 8.17. The summed E-state index contributed by atoms with van der Waals surface area (Å²) in [7, 11) is 1.64. The molecule has 1 aromatic carbocycles. The van der Waals surface area contributed by atoms with Crippen LogP contribution in [0, 0.1) is 0 Å². The SMILES string of the molecule is COCC(C)OCc1ccc(C(=O)NN)cc1. The summed E-state index contributed by atoms with van der Waals surface area (Å²) < 4.78 is 10.5. The largest absolute Gasteiger partial charge is 0.382 e. The van der Waals surface area contributed by atoms with Gasteiger partial charge in [-0.1, -0.05) is 12.1 Å². The molecule has 5 nitrogen and oxygen atoms in total. The fraction of sp³-hybridized carbons (Fsp3) is 0.417. The van der Waals surface area contributed by atoms with Gasteiger partial charge in [-0.05, 0) is 24.6 Å². The van der Waals surface area contributed by atoms with Gasteiger partial charge in [0.25, 0.3) is 5.91 Å². The van der Waals surface area contributed by atoms with Crippen molar-refractivity contribution in [2.45, 2.75) is 19.6 Å². The lowest BCUT2D eigenvalue weighted by Gasteiger charge is -2.11. The van der Waals surface area contributed by atoms with E-state index < -0.39 is 0 Å². The van der Waals surface area contributed by atoms with Gasteiger partial charge < -0.3 is 9.47 Å². The monoisotopic (exact) mass is 238 g/mol. The molecular weight excluding hydrogens is 220 g/mol. The number of ether oxygens (including phenoxy) is 2. The van der Waals surface area contributed by atoms with Gasteiger partial charge in [0, 0.05) is 12.7 Å². The van der Waals surface area contributed by atoms with Crippen LogP contribution in [0.15, 0.2) is 24.3 Å². The van der Waals surface area contributed by atoms with Crippen LogP contribution in [0.3, 0.4) is 0 Å². The Balaban J connectivity index is 2.48. The van der Waals surface area contributed by atoms with E-state index in [-0.39, 0.29) is 12.0 Å². The number of nitrogens with one attached hydrogen (secondary N) is 1. The van der Waals surface area contributed by atoms with Gasteiger partial charge >= 0.3 is 0 Å². The molecule has 0 aliphatic heterocycles. The van der Waals surface area contributed by atoms with Crippen molar-refractivity contribution in [1.29, 1.82) is 0 Å². The highest BCUT2D eigenvalue weighted by atomic mass is 16.5. The van der Waals surface area contributed by atoms with Crippen LogP contribution >= 0.6 is 0 Å². The third kappa shape index (κ3) is 4.52. The molecule has 1 atom stereocenters. The van der Waals surface area contributed by atoms with Crippen molar-refractivity contribution in [3.63, 3.8) is 0 Å². The normalized spacial score (nSPS) is 12.2. The van der Waals surface area contributed by atoms with Crippen LogP contribution in [0.1, 0.15) is 22.8 Å². The molecule has 1 unspecified atom stereocenters. The van der Waals surface area contributed by atoms with E-state index in [2.05, 4.69) is 5.43 Å². The van der Waals surface area contributed by atoms with Crippen LogP contribution < -0.4 is 11.3 Å². The third-order valence-electron chi connectivity index (χ3n) is 2.28. The number of benzene rings is 1. The van der Waals surface area contributed by atoms with Gasteiger partial charge in [-0.3, -0.25) is 10.2 Å². The molecule has 5 heteroatoms. The van der Waals surface area contributed by atoms with Gasteiger partial charge in [-0.15, -0.1) is 0 Å². The lowest BCUT2D eigenvalue weighted by Crippen LogP contribution is -2.29. The van der Waals surface area contributed by atoms with Crippen molar-refractivity contribution in [3.8, 4) is 0 Å². The molecule has 0 radical (unpaired) electrons. The molecule has 94 valence electrons. The molecule has 1 rings (SSSR count). The molecular formula is C12H18N2O3. The Morgan fingerprint density at radius 1 is 1.41 bits per heavy atom. The molecule has 3 N–H and O–H groups in total. The number of carbonyl (C=O) groups is 1. The van der Waals surface area contributed by atoms with E-state index in [1.165, 1.54) is 0 Å². The Labute approximate surface area is 101 Å². The molecule has 0 saturated heterocycles. The van der Waals surface area contributed by atoms with Crippen LogP contribution in [0.2, 0.25) is 0 Å². The van der Waals surface area contributed by atoms with E-state index >= 15 is 0 Å². The molecule has 0 heterocycles. The number of carbonyl (C=O) groups excluding carboxylic acids is 1. The summed E-state index contributed by atoms with van der Waals surface area (Å²) in [5, 5.41) is 0. The number of rotatable bonds is 6. The molecule has 0 aliphatic rings. The quantitative estimate of drug-likeness (QED) is 0.437. The zero-order valence-corrected chi connectivity index (χ0v) is 10.1. The minimum atomic E-state index is -0.301. The average Bonchev–Trinajstić information content (AvgIpc) is 2.36. The third-order valence-corrected chi connectivity index (χ3v) is 2.28. The summed E-state index contributed by atoms with van der Waals surface area (Å²) in [4.78, 5) is 11.2. The summed E-state index contributed by atoms with van der Waals surface area (Å²) in [6.07, 6.45) is 0.0482. The molecule has 0 fully saturated rings. The number of nitrogen functional groups attached to an aromatic ring is 1. The van der Waals surface area contributed by atoms with E-state index in [4.69, 9.17) is 15.3 Å². The maximum atomic E-state index is 11.2. The number of nitrogens with two attached hydrogens (primary N) is 1. The molecule has 0 aromatic heterocycles. The molecule has 0 saturated carbocycles. The predicted octanol–water partition coefficient (Wildman–Crippen LogP) is 0.842. The van der Waals surface area contributed by atoms with E-state index in [1.807, 2.05) is 19.1 Å². The van der Waals surface area contributed by atoms with E-state index in [0.29, 0.717) is 18.8 Å². The highest BCUT2D eigenvalue weighted by Crippen LogP contribution is 2.07. The average molecular weight is 238 g/mol. The fourth-order valence-corrected chi connectivity index (χ4v) is 1.36. The molecule has 1 amide bonds. The zero-order chi connectivity index (χ0) is 12.7. The van der Waals surface area contributed by atoms with Crippen molar-refractivity contribution in [2.75, 3.05) is 13.7 Å². The lowest BCUT2D eigenvalue weighted by atomic mass is 10.1. The van der Waals surface area contributed by atoms with Gasteiger partial charge in [0.2, 0.25) is 0 Å². The zero-order valence-electron chi connectivity index (χ0n) is 10.1. The second kappa shape index (κ2) is 7.01. The Morgan fingerprint density at radius 2 is 2.06 bits per heavy atom. The second-order valence-corrected chi connectivity index (χ2v) is 3.75. The number of hydrogen-bond acceptors (Lipinski definition) is 4. The first kappa shape index (κ1) is 13.6. The highest BCUT2D eigenvalue weighted by molar-refractivity contribution is 5.93. The van der Waals surface area contributed by atoms with Crippen molar-refractivity contribution >= 4 is 5.91 Å². The summed E-state index contributed by atoms with van der Waals surface area (Å²) in [5.41, 5.74) is 3.61. The molecule has 0 aliphatic carbocycles. The smallest absolute Gasteiger partial charge is 0.265 e. The molecule has 1 aromatic rings. The van der Waals surface area contributed by atoms with Gasteiger partial charge in [0.15, 0.2) is 0 Å². The second-order valence-electron chi connectivity index (χ2n) is 3.75. The minimum absolute atomic E-state index is 0.0482. The highest BCUT2D eigenvalue weighted by Gasteiger charge is 2.04. The van der Waals surface area contributed by atoms with E-state index in [9.17, 15) is 4.79 Å². The lowest BCUT2D eigenvalue weighted by molar-refractivity contribution is -0.000130. The Bertz CT molecular complexity index is 351. The Kier molecular flexibility index (Phi) is 5.62. The Morgan fingerprint density at radius 3 is 2.59 bits per heavy atom. The van der Waals surface area contributed by atoms with Gasteiger partial charge in [0.05, 0.1) is 19.3 Å². The van der Waals surface area contributed by atoms with Crippen LogP contribution in [0.5, 0.6) is 0 Å². The van der Waals surface area contributed by atoms with Crippen molar-refractivity contribution < 1.29 is 14.3 Å². The maximum absolute atomic E-state index is 11.2. The van der Waals surface area contributed by atoms with E-state index in [1.54, 1.807) is 19.2 Å². The summed E-state index contributed by atoms with van der Waals surface area (Å²) >= 11 is 0. The first-order valence-corrected chi connectivity index (χ1v) is 5.37. The van der Waals surface area contributed by atoms with Crippen LogP contribution in [0.4, 0.5) is 0 Å². The van der Waals surface area contributed by atoms with Crippen LogP contribution in [0.25, 0.3) is 0 Å². The number of methoxy groups -OCH3 is 1. The first-order valence-electron chi connectivity index (χ1n) is 5.37. The molecule has 17 heavy (non-hydrogen) atoms. The van der Waals surface area contributed by atoms with Crippen LogP contribution in [-0.2, 0) is 16.1 Å². The maximum Gasteiger partial charge on any atom is 0.265 e. The van der Waals surface area contributed by atoms with Gasteiger partial charge in [-0.25, -0.2) is 5.84 Å². The minimum Gasteiger partial charge on any atom is -0.382 e. The Hall–Kier alpha value is -1.43. The number of hydrazine groups is 1. The predicted molar refractivity (Wildman–Crippen MR) is 64.2 cm³/mol. The summed E-state index contributed by atoms with van der Waals surface area (Å²) in [6.45, 7) is 3.00. The van der Waals surface area contributed by atoms with Crippen molar-refractivity contribution in [3.05, 3.63) is 35.4 Å². The summed E-state index contributed by atoms with van der Waals surface area (Å²) in [5.74, 6) is 4.73.